The first kappa shape index (κ1) is 16.5. The van der Waals surface area contributed by atoms with Crippen molar-refractivity contribution in [3.63, 3.8) is 0 Å². The number of methoxy groups -OCH3 is 1. The zero-order valence-electron chi connectivity index (χ0n) is 12.5. The molecular formula is C16H24O4. The van der Waals surface area contributed by atoms with Gasteiger partial charge in [0.25, 0.3) is 0 Å². The monoisotopic (exact) mass is 280 g/mol. The molecule has 20 heavy (non-hydrogen) atoms. The average Bonchev–Trinajstić information content (AvgIpc) is 2.41. The number of aromatic hydroxyl groups is 1. The van der Waals surface area contributed by atoms with Crippen LogP contribution in [0.15, 0.2) is 24.3 Å². The van der Waals surface area contributed by atoms with Crippen molar-refractivity contribution in [1.29, 1.82) is 0 Å². The van der Waals surface area contributed by atoms with E-state index in [-0.39, 0.29) is 11.7 Å². The average molecular weight is 280 g/mol. The summed E-state index contributed by atoms with van der Waals surface area (Å²) in [6.45, 7) is 4.85. The molecule has 0 saturated heterocycles. The van der Waals surface area contributed by atoms with Crippen LogP contribution in [0.5, 0.6) is 5.75 Å². The molecule has 4 heteroatoms. The number of esters is 1. The summed E-state index contributed by atoms with van der Waals surface area (Å²) in [5.41, 5.74) is 0.851. The molecule has 0 aliphatic rings. The molecule has 0 saturated carbocycles. The van der Waals surface area contributed by atoms with E-state index < -0.39 is 6.10 Å². The lowest BCUT2D eigenvalue weighted by Crippen LogP contribution is -2.28. The van der Waals surface area contributed by atoms with E-state index in [9.17, 15) is 9.90 Å². The molecule has 1 atom stereocenters. The van der Waals surface area contributed by atoms with Crippen LogP contribution >= 0.6 is 0 Å². The van der Waals surface area contributed by atoms with Gasteiger partial charge < -0.3 is 14.6 Å². The van der Waals surface area contributed by atoms with Crippen LogP contribution in [0, 0.1) is 5.92 Å². The highest BCUT2D eigenvalue weighted by Gasteiger charge is 2.20. The number of carbonyl (C=O) groups excluding carboxylic acids is 1. The number of ether oxygens (including phenoxy) is 2. The van der Waals surface area contributed by atoms with E-state index in [0.717, 1.165) is 18.4 Å². The van der Waals surface area contributed by atoms with Crippen LogP contribution in [-0.4, -0.2) is 30.9 Å². The molecule has 0 heterocycles. The smallest absolute Gasteiger partial charge is 0.335 e. The maximum Gasteiger partial charge on any atom is 0.335 e. The van der Waals surface area contributed by atoms with Crippen LogP contribution in [0.3, 0.4) is 0 Å². The normalized spacial score (nSPS) is 12.4. The van der Waals surface area contributed by atoms with E-state index in [4.69, 9.17) is 9.47 Å². The van der Waals surface area contributed by atoms with Gasteiger partial charge in [0.15, 0.2) is 6.10 Å². The van der Waals surface area contributed by atoms with Gasteiger partial charge in [0.05, 0.1) is 7.11 Å². The third kappa shape index (κ3) is 6.06. The van der Waals surface area contributed by atoms with E-state index >= 15 is 0 Å². The standard InChI is InChI=1S/C16H24O4/c1-12(2)6-5-9-20-15(16(18)19-3)11-13-7-4-8-14(17)10-13/h4,7-8,10,12,15,17H,5-6,9,11H2,1-3H3. The summed E-state index contributed by atoms with van der Waals surface area (Å²) in [6, 6.07) is 6.83. The molecule has 0 aliphatic carbocycles. The number of benzene rings is 1. The van der Waals surface area contributed by atoms with Crippen molar-refractivity contribution >= 4 is 5.97 Å². The molecule has 1 unspecified atom stereocenters. The lowest BCUT2D eigenvalue weighted by molar-refractivity contribution is -0.154. The molecule has 0 fully saturated rings. The third-order valence-corrected chi connectivity index (χ3v) is 3.04. The zero-order valence-corrected chi connectivity index (χ0v) is 12.5. The number of hydrogen-bond acceptors (Lipinski definition) is 4. The van der Waals surface area contributed by atoms with Gasteiger partial charge in [-0.2, -0.15) is 0 Å². The number of rotatable bonds is 8. The lowest BCUT2D eigenvalue weighted by atomic mass is 10.1. The summed E-state index contributed by atoms with van der Waals surface area (Å²) in [4.78, 5) is 11.7. The van der Waals surface area contributed by atoms with E-state index in [1.165, 1.54) is 7.11 Å². The van der Waals surface area contributed by atoms with Crippen LogP contribution in [0.25, 0.3) is 0 Å². The summed E-state index contributed by atoms with van der Waals surface area (Å²) in [6.07, 6.45) is 1.78. The van der Waals surface area contributed by atoms with Crippen LogP contribution in [-0.2, 0) is 20.7 Å². The second kappa shape index (κ2) is 8.59. The number of hydrogen-bond donors (Lipinski definition) is 1. The minimum atomic E-state index is -0.617. The summed E-state index contributed by atoms with van der Waals surface area (Å²) in [7, 11) is 1.36. The molecule has 0 spiro atoms. The molecule has 1 aromatic rings. The van der Waals surface area contributed by atoms with Gasteiger partial charge in [-0.05, 0) is 36.5 Å². The number of phenols is 1. The topological polar surface area (TPSA) is 55.8 Å². The van der Waals surface area contributed by atoms with Crippen molar-refractivity contribution < 1.29 is 19.4 Å². The summed E-state index contributed by atoms with van der Waals surface area (Å²) < 4.78 is 10.4. The highest BCUT2D eigenvalue weighted by atomic mass is 16.6. The molecule has 1 aromatic carbocycles. The fourth-order valence-electron chi connectivity index (χ4n) is 1.96. The summed E-state index contributed by atoms with van der Waals surface area (Å²) in [5.74, 6) is 0.435. The molecular weight excluding hydrogens is 256 g/mol. The van der Waals surface area contributed by atoms with Crippen molar-refractivity contribution in [2.24, 2.45) is 5.92 Å². The number of carbonyl (C=O) groups is 1. The Morgan fingerprint density at radius 2 is 2.10 bits per heavy atom. The molecule has 112 valence electrons. The van der Waals surface area contributed by atoms with Crippen molar-refractivity contribution in [2.75, 3.05) is 13.7 Å². The SMILES string of the molecule is COC(=O)C(Cc1cccc(O)c1)OCCCC(C)C. The van der Waals surface area contributed by atoms with Crippen molar-refractivity contribution in [1.82, 2.24) is 0 Å². The molecule has 0 radical (unpaired) electrons. The van der Waals surface area contributed by atoms with Crippen LogP contribution < -0.4 is 0 Å². The van der Waals surface area contributed by atoms with Crippen molar-refractivity contribution in [2.45, 2.75) is 39.2 Å². The quantitative estimate of drug-likeness (QED) is 0.587. The zero-order chi connectivity index (χ0) is 15.0. The van der Waals surface area contributed by atoms with Crippen LogP contribution in [0.2, 0.25) is 0 Å². The Morgan fingerprint density at radius 3 is 2.70 bits per heavy atom. The highest BCUT2D eigenvalue weighted by Crippen LogP contribution is 2.15. The van der Waals surface area contributed by atoms with Gasteiger partial charge in [-0.15, -0.1) is 0 Å². The Balaban J connectivity index is 2.54. The van der Waals surface area contributed by atoms with Crippen molar-refractivity contribution in [3.05, 3.63) is 29.8 Å². The van der Waals surface area contributed by atoms with Gasteiger partial charge in [0.1, 0.15) is 5.75 Å². The molecule has 1 rings (SSSR count). The Morgan fingerprint density at radius 1 is 1.35 bits per heavy atom. The predicted molar refractivity (Wildman–Crippen MR) is 77.6 cm³/mol. The minimum absolute atomic E-state index is 0.186. The maximum atomic E-state index is 11.7. The lowest BCUT2D eigenvalue weighted by Gasteiger charge is -2.16. The first-order valence-corrected chi connectivity index (χ1v) is 7.00. The Kier molecular flexibility index (Phi) is 7.09. The predicted octanol–water partition coefficient (Wildman–Crippen LogP) is 2.93. The second-order valence-corrected chi connectivity index (χ2v) is 5.29. The van der Waals surface area contributed by atoms with Gasteiger partial charge in [0.2, 0.25) is 0 Å². The summed E-state index contributed by atoms with van der Waals surface area (Å²) >= 11 is 0. The first-order chi connectivity index (χ1) is 9.52. The van der Waals surface area contributed by atoms with E-state index in [1.54, 1.807) is 18.2 Å². The fraction of sp³-hybridized carbons (Fsp3) is 0.562. The molecule has 0 aromatic heterocycles. The van der Waals surface area contributed by atoms with Crippen molar-refractivity contribution in [3.8, 4) is 5.75 Å². The van der Waals surface area contributed by atoms with Gasteiger partial charge in [-0.25, -0.2) is 4.79 Å². The minimum Gasteiger partial charge on any atom is -0.508 e. The molecule has 0 bridgehead atoms. The van der Waals surface area contributed by atoms with E-state index in [1.807, 2.05) is 6.07 Å². The first-order valence-electron chi connectivity index (χ1n) is 7.00. The highest BCUT2D eigenvalue weighted by molar-refractivity contribution is 5.75. The molecule has 0 amide bonds. The molecule has 4 nitrogen and oxygen atoms in total. The maximum absolute atomic E-state index is 11.7. The van der Waals surface area contributed by atoms with Gasteiger partial charge in [-0.1, -0.05) is 26.0 Å². The van der Waals surface area contributed by atoms with Gasteiger partial charge >= 0.3 is 5.97 Å². The van der Waals surface area contributed by atoms with Gasteiger partial charge in [-0.3, -0.25) is 0 Å². The second-order valence-electron chi connectivity index (χ2n) is 5.29. The largest absolute Gasteiger partial charge is 0.508 e. The fourth-order valence-corrected chi connectivity index (χ4v) is 1.96. The summed E-state index contributed by atoms with van der Waals surface area (Å²) in [5, 5.41) is 9.44. The van der Waals surface area contributed by atoms with Gasteiger partial charge in [0, 0.05) is 13.0 Å². The molecule has 0 aliphatic heterocycles. The Bertz CT molecular complexity index is 415. The van der Waals surface area contributed by atoms with Crippen LogP contribution in [0.1, 0.15) is 32.3 Å². The Hall–Kier alpha value is -1.55. The van der Waals surface area contributed by atoms with Crippen LogP contribution in [0.4, 0.5) is 0 Å². The Labute approximate surface area is 120 Å². The third-order valence-electron chi connectivity index (χ3n) is 3.04. The number of phenolic OH excluding ortho intramolecular Hbond substituents is 1. The van der Waals surface area contributed by atoms with E-state index in [0.29, 0.717) is 18.9 Å². The molecule has 1 N–H and O–H groups in total. The van der Waals surface area contributed by atoms with E-state index in [2.05, 4.69) is 13.8 Å².